The van der Waals surface area contributed by atoms with Gasteiger partial charge in [0.05, 0.1) is 11.9 Å². The Labute approximate surface area is 128 Å². The van der Waals surface area contributed by atoms with Crippen molar-refractivity contribution in [2.75, 3.05) is 0 Å². The molecule has 0 fully saturated rings. The highest BCUT2D eigenvalue weighted by molar-refractivity contribution is 5.72. The first-order valence-electron chi connectivity index (χ1n) is 7.26. The average Bonchev–Trinajstić information content (AvgIpc) is 2.99. The molecule has 1 aromatic carbocycles. The van der Waals surface area contributed by atoms with Crippen LogP contribution in [0.25, 0.3) is 28.0 Å². The molecule has 0 amide bonds. The number of aromatic nitrogens is 3. The number of fused-ring (bicyclic) bond motifs is 1. The Morgan fingerprint density at radius 1 is 0.864 bits per heavy atom. The molecule has 0 spiro atoms. The molecule has 106 valence electrons. The minimum Gasteiger partial charge on any atom is -0.300 e. The first-order valence-corrected chi connectivity index (χ1v) is 7.26. The number of nitrogens with zero attached hydrogens (tertiary/aromatic N) is 3. The molecule has 4 rings (SSSR count). The van der Waals surface area contributed by atoms with Gasteiger partial charge >= 0.3 is 0 Å². The van der Waals surface area contributed by atoms with Crippen LogP contribution in [0.15, 0.2) is 73.3 Å². The highest BCUT2D eigenvalue weighted by atomic mass is 15.0. The van der Waals surface area contributed by atoms with Crippen LogP contribution < -0.4 is 0 Å². The van der Waals surface area contributed by atoms with Crippen molar-refractivity contribution in [1.82, 2.24) is 14.4 Å². The molecule has 3 heterocycles. The zero-order chi connectivity index (χ0) is 14.9. The van der Waals surface area contributed by atoms with Crippen LogP contribution in [-0.4, -0.2) is 14.4 Å². The summed E-state index contributed by atoms with van der Waals surface area (Å²) >= 11 is 0. The Morgan fingerprint density at radius 2 is 1.68 bits per heavy atom. The molecule has 0 unspecified atom stereocenters. The van der Waals surface area contributed by atoms with Crippen molar-refractivity contribution in [2.45, 2.75) is 6.92 Å². The molecular weight excluding hydrogens is 270 g/mol. The molecule has 0 N–H and O–H groups in total. The Bertz CT molecular complexity index is 939. The van der Waals surface area contributed by atoms with Crippen LogP contribution in [0.3, 0.4) is 0 Å². The van der Waals surface area contributed by atoms with Gasteiger partial charge in [-0.1, -0.05) is 18.2 Å². The van der Waals surface area contributed by atoms with Gasteiger partial charge in [-0.3, -0.25) is 9.38 Å². The predicted octanol–water partition coefficient (Wildman–Crippen LogP) is 4.37. The van der Waals surface area contributed by atoms with Crippen LogP contribution in [0.1, 0.15) is 5.56 Å². The first kappa shape index (κ1) is 12.8. The summed E-state index contributed by atoms with van der Waals surface area (Å²) in [7, 11) is 0. The van der Waals surface area contributed by atoms with E-state index in [1.807, 2.05) is 30.7 Å². The first-order chi connectivity index (χ1) is 10.8. The van der Waals surface area contributed by atoms with Gasteiger partial charge in [-0.2, -0.15) is 0 Å². The van der Waals surface area contributed by atoms with Gasteiger partial charge in [-0.05, 0) is 53.9 Å². The molecule has 0 radical (unpaired) electrons. The second-order valence-corrected chi connectivity index (χ2v) is 5.39. The minimum atomic E-state index is 0.976. The Kier molecular flexibility index (Phi) is 2.97. The molecule has 3 aromatic heterocycles. The molecular formula is C19H15N3. The lowest BCUT2D eigenvalue weighted by Crippen LogP contribution is -1.89. The summed E-state index contributed by atoms with van der Waals surface area (Å²) in [6, 6.07) is 16.8. The summed E-state index contributed by atoms with van der Waals surface area (Å²) in [6.45, 7) is 2.08. The molecule has 0 atom stereocenters. The maximum Gasteiger partial charge on any atom is 0.137 e. The van der Waals surface area contributed by atoms with E-state index in [0.717, 1.165) is 16.9 Å². The minimum absolute atomic E-state index is 0.976. The molecule has 0 aliphatic heterocycles. The van der Waals surface area contributed by atoms with Crippen LogP contribution in [0, 0.1) is 6.92 Å². The van der Waals surface area contributed by atoms with Crippen LogP contribution in [-0.2, 0) is 0 Å². The number of hydrogen-bond acceptors (Lipinski definition) is 2. The molecule has 0 saturated carbocycles. The quantitative estimate of drug-likeness (QED) is 0.547. The van der Waals surface area contributed by atoms with Gasteiger partial charge in [-0.15, -0.1) is 0 Å². The lowest BCUT2D eigenvalue weighted by molar-refractivity contribution is 1.17. The van der Waals surface area contributed by atoms with E-state index < -0.39 is 0 Å². The topological polar surface area (TPSA) is 30.2 Å². The number of aryl methyl sites for hydroxylation is 1. The van der Waals surface area contributed by atoms with Gasteiger partial charge < -0.3 is 0 Å². The van der Waals surface area contributed by atoms with Gasteiger partial charge in [0.2, 0.25) is 0 Å². The highest BCUT2D eigenvalue weighted by Crippen LogP contribution is 2.26. The molecule has 22 heavy (non-hydrogen) atoms. The summed E-state index contributed by atoms with van der Waals surface area (Å²) in [5, 5.41) is 0. The summed E-state index contributed by atoms with van der Waals surface area (Å²) in [5.41, 5.74) is 6.81. The van der Waals surface area contributed by atoms with E-state index in [1.165, 1.54) is 16.7 Å². The molecule has 0 saturated heterocycles. The van der Waals surface area contributed by atoms with Crippen molar-refractivity contribution < 1.29 is 0 Å². The van der Waals surface area contributed by atoms with Gasteiger partial charge in [0.15, 0.2) is 0 Å². The molecule has 0 aliphatic carbocycles. The third kappa shape index (κ3) is 2.17. The zero-order valence-corrected chi connectivity index (χ0v) is 12.3. The van der Waals surface area contributed by atoms with E-state index in [0.29, 0.717) is 0 Å². The number of benzene rings is 1. The number of imidazole rings is 1. The fraction of sp³-hybridized carbons (Fsp3) is 0.0526. The van der Waals surface area contributed by atoms with Crippen LogP contribution in [0.2, 0.25) is 0 Å². The van der Waals surface area contributed by atoms with Crippen molar-refractivity contribution in [1.29, 1.82) is 0 Å². The van der Waals surface area contributed by atoms with Crippen LogP contribution in [0.4, 0.5) is 0 Å². The van der Waals surface area contributed by atoms with Crippen LogP contribution in [0.5, 0.6) is 0 Å². The van der Waals surface area contributed by atoms with Crippen molar-refractivity contribution in [2.24, 2.45) is 0 Å². The maximum atomic E-state index is 4.51. The third-order valence-corrected chi connectivity index (χ3v) is 3.84. The number of rotatable bonds is 2. The zero-order valence-electron chi connectivity index (χ0n) is 12.3. The Morgan fingerprint density at radius 3 is 2.55 bits per heavy atom. The largest absolute Gasteiger partial charge is 0.300 e. The van der Waals surface area contributed by atoms with Crippen molar-refractivity contribution in [3.05, 3.63) is 78.9 Å². The molecule has 0 bridgehead atoms. The summed E-state index contributed by atoms with van der Waals surface area (Å²) < 4.78 is 2.12. The predicted molar refractivity (Wildman–Crippen MR) is 88.6 cm³/mol. The molecule has 3 nitrogen and oxygen atoms in total. The molecule has 3 heteroatoms. The van der Waals surface area contributed by atoms with Gasteiger partial charge in [0.25, 0.3) is 0 Å². The Hall–Kier alpha value is -2.94. The molecule has 4 aromatic rings. The highest BCUT2D eigenvalue weighted by Gasteiger charge is 2.07. The van der Waals surface area contributed by atoms with E-state index in [4.69, 9.17) is 0 Å². The maximum absolute atomic E-state index is 4.51. The Balaban J connectivity index is 1.85. The lowest BCUT2D eigenvalue weighted by atomic mass is 10.0. The van der Waals surface area contributed by atoms with E-state index in [2.05, 4.69) is 63.9 Å². The number of hydrogen-bond donors (Lipinski definition) is 0. The summed E-state index contributed by atoms with van der Waals surface area (Å²) in [5.74, 6) is 0. The fourth-order valence-corrected chi connectivity index (χ4v) is 2.70. The van der Waals surface area contributed by atoms with Gasteiger partial charge in [0.1, 0.15) is 5.65 Å². The fourth-order valence-electron chi connectivity index (χ4n) is 2.70. The van der Waals surface area contributed by atoms with Crippen molar-refractivity contribution in [3.8, 4) is 22.4 Å². The third-order valence-electron chi connectivity index (χ3n) is 3.84. The van der Waals surface area contributed by atoms with E-state index in [-0.39, 0.29) is 0 Å². The van der Waals surface area contributed by atoms with E-state index >= 15 is 0 Å². The smallest absolute Gasteiger partial charge is 0.137 e. The monoisotopic (exact) mass is 285 g/mol. The number of pyridine rings is 2. The summed E-state index contributed by atoms with van der Waals surface area (Å²) in [4.78, 5) is 8.59. The average molecular weight is 285 g/mol. The SMILES string of the molecule is Cc1ccn2c(-c3cccc(-c4ccncc4)c3)cnc2c1. The van der Waals surface area contributed by atoms with Crippen molar-refractivity contribution in [3.63, 3.8) is 0 Å². The van der Waals surface area contributed by atoms with Crippen molar-refractivity contribution >= 4 is 5.65 Å². The van der Waals surface area contributed by atoms with Gasteiger partial charge in [-0.25, -0.2) is 4.98 Å². The second-order valence-electron chi connectivity index (χ2n) is 5.39. The normalized spacial score (nSPS) is 11.0. The van der Waals surface area contributed by atoms with E-state index in [9.17, 15) is 0 Å². The summed E-state index contributed by atoms with van der Waals surface area (Å²) in [6.07, 6.45) is 7.64. The second kappa shape index (κ2) is 5.11. The lowest BCUT2D eigenvalue weighted by Gasteiger charge is -2.06. The standard InChI is InChI=1S/C19H15N3/c1-14-7-10-22-18(13-21-19(22)11-14)17-4-2-3-16(12-17)15-5-8-20-9-6-15/h2-13H,1H3. The van der Waals surface area contributed by atoms with Crippen LogP contribution >= 0.6 is 0 Å². The van der Waals surface area contributed by atoms with E-state index in [1.54, 1.807) is 0 Å². The van der Waals surface area contributed by atoms with Gasteiger partial charge in [0, 0.05) is 24.2 Å². The molecule has 0 aliphatic rings.